The highest BCUT2D eigenvalue weighted by molar-refractivity contribution is 5.94. The number of hydrogen-bond donors (Lipinski definition) is 1. The minimum Gasteiger partial charge on any atom is -0.364 e. The van der Waals surface area contributed by atoms with Crippen LogP contribution in [0.25, 0.3) is 0 Å². The van der Waals surface area contributed by atoms with Crippen LogP contribution in [-0.4, -0.2) is 18.1 Å². The molecule has 1 amide bonds. The van der Waals surface area contributed by atoms with Gasteiger partial charge in [0.2, 0.25) is 0 Å². The Labute approximate surface area is 69.9 Å². The monoisotopic (exact) mass is 166 g/mol. The topological polar surface area (TPSA) is 55.1 Å². The van der Waals surface area contributed by atoms with E-state index in [0.29, 0.717) is 11.5 Å². The Morgan fingerprint density at radius 2 is 2.50 bits per heavy atom. The number of aromatic nitrogens is 1. The van der Waals surface area contributed by atoms with Gasteiger partial charge in [-0.3, -0.25) is 4.79 Å². The highest BCUT2D eigenvalue weighted by Gasteiger charge is 2.31. The largest absolute Gasteiger partial charge is 0.364 e. The molecule has 4 nitrogen and oxygen atoms in total. The summed E-state index contributed by atoms with van der Waals surface area (Å²) in [6.07, 6.45) is 3.65. The average Bonchev–Trinajstić information content (AvgIpc) is 2.83. The van der Waals surface area contributed by atoms with E-state index in [1.807, 2.05) is 0 Å². The molecular weight excluding hydrogens is 156 g/mol. The van der Waals surface area contributed by atoms with E-state index in [0.717, 1.165) is 18.5 Å². The number of nitrogens with zero attached hydrogens (tertiary/aromatic N) is 1. The molecule has 0 aromatic carbocycles. The standard InChI is InChI=1S/C8H10N2O2/c1-9-8(11)6-4-12-10-7(6)5-2-3-5/h4-5H,2-3H2,1H3,(H,9,11). The molecule has 1 aromatic heterocycles. The van der Waals surface area contributed by atoms with Gasteiger partial charge >= 0.3 is 0 Å². The van der Waals surface area contributed by atoms with E-state index in [9.17, 15) is 4.79 Å². The Hall–Kier alpha value is -1.32. The minimum atomic E-state index is -0.113. The lowest BCUT2D eigenvalue weighted by Crippen LogP contribution is -2.18. The maximum Gasteiger partial charge on any atom is 0.256 e. The van der Waals surface area contributed by atoms with E-state index in [4.69, 9.17) is 4.52 Å². The van der Waals surface area contributed by atoms with Crippen LogP contribution >= 0.6 is 0 Å². The molecule has 1 N–H and O–H groups in total. The predicted molar refractivity (Wildman–Crippen MR) is 41.9 cm³/mol. The van der Waals surface area contributed by atoms with Gasteiger partial charge in [0.1, 0.15) is 11.8 Å². The molecule has 1 aromatic rings. The van der Waals surface area contributed by atoms with Crippen LogP contribution < -0.4 is 5.32 Å². The van der Waals surface area contributed by atoms with E-state index in [-0.39, 0.29) is 5.91 Å². The summed E-state index contributed by atoms with van der Waals surface area (Å²) in [5, 5.41) is 6.36. The quantitative estimate of drug-likeness (QED) is 0.710. The molecule has 2 rings (SSSR count). The van der Waals surface area contributed by atoms with Crippen molar-refractivity contribution < 1.29 is 9.32 Å². The summed E-state index contributed by atoms with van der Waals surface area (Å²) >= 11 is 0. The summed E-state index contributed by atoms with van der Waals surface area (Å²) in [5.41, 5.74) is 1.40. The molecule has 0 bridgehead atoms. The first-order valence-electron chi connectivity index (χ1n) is 3.99. The predicted octanol–water partition coefficient (Wildman–Crippen LogP) is 0.912. The second kappa shape index (κ2) is 2.62. The molecule has 0 atom stereocenters. The van der Waals surface area contributed by atoms with Crippen molar-refractivity contribution in [3.8, 4) is 0 Å². The van der Waals surface area contributed by atoms with Crippen molar-refractivity contribution >= 4 is 5.91 Å². The first kappa shape index (κ1) is 7.34. The molecule has 4 heteroatoms. The molecule has 1 aliphatic rings. The van der Waals surface area contributed by atoms with Gasteiger partial charge in [-0.2, -0.15) is 0 Å². The third-order valence-corrected chi connectivity index (χ3v) is 2.03. The van der Waals surface area contributed by atoms with Gasteiger partial charge in [-0.15, -0.1) is 0 Å². The van der Waals surface area contributed by atoms with Crippen molar-refractivity contribution in [1.82, 2.24) is 10.5 Å². The van der Waals surface area contributed by atoms with Gasteiger partial charge in [-0.1, -0.05) is 5.16 Å². The average molecular weight is 166 g/mol. The third kappa shape index (κ3) is 1.09. The number of hydrogen-bond acceptors (Lipinski definition) is 3. The first-order valence-corrected chi connectivity index (χ1v) is 3.99. The van der Waals surface area contributed by atoms with E-state index >= 15 is 0 Å². The molecule has 1 heterocycles. The van der Waals surface area contributed by atoms with Crippen LogP contribution in [-0.2, 0) is 0 Å². The van der Waals surface area contributed by atoms with Crippen LogP contribution in [0.5, 0.6) is 0 Å². The number of carbonyl (C=O) groups is 1. The SMILES string of the molecule is CNC(=O)c1conc1C1CC1. The van der Waals surface area contributed by atoms with E-state index in [2.05, 4.69) is 10.5 Å². The smallest absolute Gasteiger partial charge is 0.256 e. The molecule has 64 valence electrons. The van der Waals surface area contributed by atoms with Crippen molar-refractivity contribution in [3.63, 3.8) is 0 Å². The fourth-order valence-corrected chi connectivity index (χ4v) is 1.20. The molecule has 12 heavy (non-hydrogen) atoms. The lowest BCUT2D eigenvalue weighted by atomic mass is 10.2. The van der Waals surface area contributed by atoms with Crippen LogP contribution in [0.3, 0.4) is 0 Å². The van der Waals surface area contributed by atoms with Gasteiger partial charge in [-0.05, 0) is 12.8 Å². The van der Waals surface area contributed by atoms with Crippen molar-refractivity contribution in [2.45, 2.75) is 18.8 Å². The molecule has 1 aliphatic carbocycles. The molecule has 0 unspecified atom stereocenters. The molecule has 1 fully saturated rings. The zero-order chi connectivity index (χ0) is 8.55. The Bertz CT molecular complexity index is 302. The zero-order valence-electron chi connectivity index (χ0n) is 6.83. The van der Waals surface area contributed by atoms with Crippen molar-refractivity contribution in [2.75, 3.05) is 7.05 Å². The maximum absolute atomic E-state index is 11.2. The van der Waals surface area contributed by atoms with Crippen molar-refractivity contribution in [1.29, 1.82) is 0 Å². The zero-order valence-corrected chi connectivity index (χ0v) is 6.83. The highest BCUT2D eigenvalue weighted by atomic mass is 16.5. The lowest BCUT2D eigenvalue weighted by Gasteiger charge is -1.95. The van der Waals surface area contributed by atoms with E-state index in [1.165, 1.54) is 6.26 Å². The van der Waals surface area contributed by atoms with E-state index < -0.39 is 0 Å². The summed E-state index contributed by atoms with van der Waals surface area (Å²) in [6, 6.07) is 0. The minimum absolute atomic E-state index is 0.113. The Kier molecular flexibility index (Phi) is 1.60. The maximum atomic E-state index is 11.2. The molecule has 0 radical (unpaired) electrons. The van der Waals surface area contributed by atoms with Crippen LogP contribution in [0.15, 0.2) is 10.8 Å². The molecule has 0 spiro atoms. The second-order valence-electron chi connectivity index (χ2n) is 2.97. The van der Waals surface area contributed by atoms with Gasteiger partial charge < -0.3 is 9.84 Å². The van der Waals surface area contributed by atoms with E-state index in [1.54, 1.807) is 7.05 Å². The Morgan fingerprint density at radius 3 is 3.08 bits per heavy atom. The number of rotatable bonds is 2. The van der Waals surface area contributed by atoms with Gasteiger partial charge in [0, 0.05) is 13.0 Å². The van der Waals surface area contributed by atoms with Gasteiger partial charge in [0.15, 0.2) is 0 Å². The van der Waals surface area contributed by atoms with Crippen molar-refractivity contribution in [3.05, 3.63) is 17.5 Å². The van der Waals surface area contributed by atoms with Gasteiger partial charge in [-0.25, -0.2) is 0 Å². The second-order valence-corrected chi connectivity index (χ2v) is 2.97. The summed E-state index contributed by atoms with van der Waals surface area (Å²) in [5.74, 6) is 0.342. The fraction of sp³-hybridized carbons (Fsp3) is 0.500. The Balaban J connectivity index is 2.29. The van der Waals surface area contributed by atoms with Crippen LogP contribution in [0.4, 0.5) is 0 Å². The summed E-state index contributed by atoms with van der Waals surface area (Å²) in [6.45, 7) is 0. The molecular formula is C8H10N2O2. The van der Waals surface area contributed by atoms with Crippen LogP contribution in [0, 0.1) is 0 Å². The van der Waals surface area contributed by atoms with Crippen LogP contribution in [0.2, 0.25) is 0 Å². The van der Waals surface area contributed by atoms with Gasteiger partial charge in [0.25, 0.3) is 5.91 Å². The fourth-order valence-electron chi connectivity index (χ4n) is 1.20. The highest BCUT2D eigenvalue weighted by Crippen LogP contribution is 2.40. The summed E-state index contributed by atoms with van der Waals surface area (Å²) < 4.78 is 4.76. The van der Waals surface area contributed by atoms with Crippen molar-refractivity contribution in [2.24, 2.45) is 0 Å². The number of amides is 1. The van der Waals surface area contributed by atoms with Gasteiger partial charge in [0.05, 0.1) is 5.69 Å². The number of nitrogens with one attached hydrogen (secondary N) is 1. The Morgan fingerprint density at radius 1 is 1.75 bits per heavy atom. The molecule has 0 saturated heterocycles. The third-order valence-electron chi connectivity index (χ3n) is 2.03. The normalized spacial score (nSPS) is 16.1. The molecule has 1 saturated carbocycles. The molecule has 0 aliphatic heterocycles. The first-order chi connectivity index (χ1) is 5.83. The lowest BCUT2D eigenvalue weighted by molar-refractivity contribution is 0.0961. The number of carbonyl (C=O) groups excluding carboxylic acids is 1. The summed E-state index contributed by atoms with van der Waals surface area (Å²) in [4.78, 5) is 11.2. The van der Waals surface area contributed by atoms with Crippen LogP contribution in [0.1, 0.15) is 34.8 Å². The summed E-state index contributed by atoms with van der Waals surface area (Å²) in [7, 11) is 1.60.